The van der Waals surface area contributed by atoms with Gasteiger partial charge >= 0.3 is 0 Å². The minimum Gasteiger partial charge on any atom is -0.497 e. The Hall–Kier alpha value is -3.36. The summed E-state index contributed by atoms with van der Waals surface area (Å²) < 4.78 is 12.9. The lowest BCUT2D eigenvalue weighted by Gasteiger charge is -2.35. The van der Waals surface area contributed by atoms with Gasteiger partial charge in [0.15, 0.2) is 0 Å². The van der Waals surface area contributed by atoms with Gasteiger partial charge in [-0.3, -0.25) is 9.69 Å². The molecule has 0 atom stereocenters. The molecule has 0 unspecified atom stereocenters. The van der Waals surface area contributed by atoms with Crippen LogP contribution in [0, 0.1) is 0 Å². The van der Waals surface area contributed by atoms with Gasteiger partial charge in [0.1, 0.15) is 17.2 Å². The van der Waals surface area contributed by atoms with Gasteiger partial charge in [0.05, 0.1) is 25.5 Å². The molecule has 3 heterocycles. The average molecular weight is 490 g/mol. The molecule has 0 N–H and O–H groups in total. The van der Waals surface area contributed by atoms with E-state index < -0.39 is 0 Å². The molecule has 190 valence electrons. The van der Waals surface area contributed by atoms with Crippen LogP contribution in [0.5, 0.6) is 11.5 Å². The molecule has 2 fully saturated rings. The van der Waals surface area contributed by atoms with Crippen LogP contribution < -0.4 is 9.47 Å². The quantitative estimate of drug-likeness (QED) is 0.483. The topological polar surface area (TPSA) is 63.1 Å². The van der Waals surface area contributed by atoms with Crippen LogP contribution in [0.15, 0.2) is 54.7 Å². The molecule has 0 aliphatic carbocycles. The number of amides is 1. The minimum absolute atomic E-state index is 0.00348. The zero-order valence-electron chi connectivity index (χ0n) is 21.2. The Kier molecular flexibility index (Phi) is 7.53. The number of rotatable bonds is 8. The molecule has 1 amide bonds. The van der Waals surface area contributed by atoms with Crippen molar-refractivity contribution in [3.05, 3.63) is 60.3 Å². The van der Waals surface area contributed by atoms with E-state index in [0.29, 0.717) is 35.8 Å². The number of para-hydroxylation sites is 1. The number of benzene rings is 2. The van der Waals surface area contributed by atoms with Crippen molar-refractivity contribution >= 4 is 5.91 Å². The molecule has 2 aliphatic heterocycles. The Morgan fingerprint density at radius 3 is 2.22 bits per heavy atom. The van der Waals surface area contributed by atoms with E-state index >= 15 is 0 Å². The fourth-order valence-electron chi connectivity index (χ4n) is 5.08. The maximum atomic E-state index is 13.8. The first-order chi connectivity index (χ1) is 17.7. The molecule has 1 aromatic heterocycles. The average Bonchev–Trinajstić information content (AvgIpc) is 3.62. The summed E-state index contributed by atoms with van der Waals surface area (Å²) in [6.07, 6.45) is 4.48. The number of ether oxygens (including phenoxy) is 2. The summed E-state index contributed by atoms with van der Waals surface area (Å²) >= 11 is 0. The van der Waals surface area contributed by atoms with E-state index in [0.717, 1.165) is 37.4 Å². The van der Waals surface area contributed by atoms with Gasteiger partial charge in [-0.2, -0.15) is 5.10 Å². The maximum absolute atomic E-state index is 13.8. The number of methoxy groups -OCH3 is 2. The first kappa shape index (κ1) is 24.3. The number of aromatic nitrogens is 2. The molecule has 0 bridgehead atoms. The lowest BCUT2D eigenvalue weighted by molar-refractivity contribution is 0.0627. The number of carbonyl (C=O) groups excluding carboxylic acids is 1. The fraction of sp³-hybridized carbons (Fsp3) is 0.429. The van der Waals surface area contributed by atoms with E-state index in [4.69, 9.17) is 14.6 Å². The van der Waals surface area contributed by atoms with Crippen LogP contribution >= 0.6 is 0 Å². The van der Waals surface area contributed by atoms with E-state index in [1.807, 2.05) is 59.6 Å². The highest BCUT2D eigenvalue weighted by atomic mass is 16.5. The fourth-order valence-corrected chi connectivity index (χ4v) is 5.08. The smallest absolute Gasteiger partial charge is 0.257 e. The number of nitrogens with zero attached hydrogens (tertiary/aromatic N) is 5. The van der Waals surface area contributed by atoms with Crippen LogP contribution in [0.2, 0.25) is 0 Å². The lowest BCUT2D eigenvalue weighted by atomic mass is 10.1. The third-order valence-electron chi connectivity index (χ3n) is 7.22. The molecule has 8 heteroatoms. The second-order valence-electron chi connectivity index (χ2n) is 9.42. The van der Waals surface area contributed by atoms with Gasteiger partial charge in [-0.25, -0.2) is 4.68 Å². The van der Waals surface area contributed by atoms with Gasteiger partial charge in [-0.1, -0.05) is 18.2 Å². The predicted molar refractivity (Wildman–Crippen MR) is 140 cm³/mol. The van der Waals surface area contributed by atoms with E-state index in [1.165, 1.54) is 25.9 Å². The van der Waals surface area contributed by atoms with Gasteiger partial charge in [0.25, 0.3) is 5.91 Å². The van der Waals surface area contributed by atoms with Crippen LogP contribution in [-0.2, 0) is 0 Å². The highest BCUT2D eigenvalue weighted by Gasteiger charge is 2.28. The molecular formula is C28H35N5O3. The van der Waals surface area contributed by atoms with Crippen molar-refractivity contribution in [2.24, 2.45) is 0 Å². The summed E-state index contributed by atoms with van der Waals surface area (Å²) in [6.45, 7) is 7.85. The van der Waals surface area contributed by atoms with Crippen LogP contribution in [0.1, 0.15) is 23.2 Å². The number of hydrogen-bond acceptors (Lipinski definition) is 6. The van der Waals surface area contributed by atoms with Crippen LogP contribution in [0.3, 0.4) is 0 Å². The van der Waals surface area contributed by atoms with Crippen molar-refractivity contribution in [1.82, 2.24) is 24.5 Å². The summed E-state index contributed by atoms with van der Waals surface area (Å²) in [6, 6.07) is 15.4. The van der Waals surface area contributed by atoms with Crippen molar-refractivity contribution in [3.63, 3.8) is 0 Å². The SMILES string of the molecule is COc1ccc(OC)c(-c2nn(-c3ccccc3)cc2C(=O)N2CCN(CCN3CCCC3)CC2)c1. The molecule has 0 radical (unpaired) electrons. The van der Waals surface area contributed by atoms with Crippen molar-refractivity contribution in [1.29, 1.82) is 0 Å². The predicted octanol–water partition coefficient (Wildman–Crippen LogP) is 3.41. The molecule has 0 saturated carbocycles. The molecule has 3 aromatic rings. The Balaban J connectivity index is 1.39. The van der Waals surface area contributed by atoms with Gasteiger partial charge in [-0.15, -0.1) is 0 Å². The minimum atomic E-state index is -0.00348. The molecule has 0 spiro atoms. The highest BCUT2D eigenvalue weighted by molar-refractivity contribution is 6.00. The van der Waals surface area contributed by atoms with Crippen molar-refractivity contribution in [3.8, 4) is 28.4 Å². The van der Waals surface area contributed by atoms with Gasteiger partial charge in [0.2, 0.25) is 0 Å². The van der Waals surface area contributed by atoms with Crippen molar-refractivity contribution < 1.29 is 14.3 Å². The molecule has 2 aromatic carbocycles. The second kappa shape index (κ2) is 11.1. The number of hydrogen-bond donors (Lipinski definition) is 0. The monoisotopic (exact) mass is 489 g/mol. The summed E-state index contributed by atoms with van der Waals surface area (Å²) in [5.74, 6) is 1.33. The second-order valence-corrected chi connectivity index (χ2v) is 9.42. The molecular weight excluding hydrogens is 454 g/mol. The summed E-state index contributed by atoms with van der Waals surface area (Å²) in [5.41, 5.74) is 2.79. The first-order valence-electron chi connectivity index (χ1n) is 12.8. The Bertz CT molecular complexity index is 1170. The Morgan fingerprint density at radius 2 is 1.56 bits per heavy atom. The van der Waals surface area contributed by atoms with Crippen LogP contribution in [-0.4, -0.2) is 97.0 Å². The molecule has 36 heavy (non-hydrogen) atoms. The summed E-state index contributed by atoms with van der Waals surface area (Å²) in [5, 5.41) is 4.86. The zero-order valence-corrected chi connectivity index (χ0v) is 21.2. The largest absolute Gasteiger partial charge is 0.497 e. The van der Waals surface area contributed by atoms with Crippen LogP contribution in [0.4, 0.5) is 0 Å². The van der Waals surface area contributed by atoms with E-state index in [9.17, 15) is 4.79 Å². The van der Waals surface area contributed by atoms with E-state index in [-0.39, 0.29) is 5.91 Å². The third kappa shape index (κ3) is 5.24. The molecule has 5 rings (SSSR count). The third-order valence-corrected chi connectivity index (χ3v) is 7.22. The van der Waals surface area contributed by atoms with Crippen molar-refractivity contribution in [2.45, 2.75) is 12.8 Å². The maximum Gasteiger partial charge on any atom is 0.257 e. The highest BCUT2D eigenvalue weighted by Crippen LogP contribution is 2.35. The number of carbonyl (C=O) groups is 1. The lowest BCUT2D eigenvalue weighted by Crippen LogP contribution is -2.50. The molecule has 2 aliphatic rings. The molecule has 8 nitrogen and oxygen atoms in total. The van der Waals surface area contributed by atoms with Crippen molar-refractivity contribution in [2.75, 3.05) is 66.6 Å². The van der Waals surface area contributed by atoms with E-state index in [2.05, 4.69) is 9.80 Å². The summed E-state index contributed by atoms with van der Waals surface area (Å²) in [4.78, 5) is 20.8. The first-order valence-corrected chi connectivity index (χ1v) is 12.8. The standard InChI is InChI=1S/C28H35N5O3/c1-35-23-10-11-26(36-2)24(20-23)27-25(21-33(29-27)22-8-4-3-5-9-22)28(34)32-18-16-31(17-19-32)15-14-30-12-6-7-13-30/h3-5,8-11,20-21H,6-7,12-19H2,1-2H3. The normalized spacial score (nSPS) is 16.9. The number of piperazine rings is 1. The summed E-state index contributed by atoms with van der Waals surface area (Å²) in [7, 11) is 3.26. The Morgan fingerprint density at radius 1 is 0.861 bits per heavy atom. The van der Waals surface area contributed by atoms with E-state index in [1.54, 1.807) is 18.9 Å². The van der Waals surface area contributed by atoms with Gasteiger partial charge < -0.3 is 19.3 Å². The van der Waals surface area contributed by atoms with Gasteiger partial charge in [-0.05, 0) is 56.3 Å². The Labute approximate surface area is 213 Å². The number of likely N-dealkylation sites (tertiary alicyclic amines) is 1. The van der Waals surface area contributed by atoms with Gasteiger partial charge in [0, 0.05) is 51.0 Å². The molecule has 2 saturated heterocycles. The zero-order chi connectivity index (χ0) is 24.9. The van der Waals surface area contributed by atoms with Crippen LogP contribution in [0.25, 0.3) is 16.9 Å².